The fourth-order valence-electron chi connectivity index (χ4n) is 1.98. The molecule has 1 aliphatic rings. The Kier molecular flexibility index (Phi) is 4.35. The molecule has 2 rings (SSSR count). The highest BCUT2D eigenvalue weighted by Gasteiger charge is 2.24. The van der Waals surface area contributed by atoms with Gasteiger partial charge in [0.25, 0.3) is 0 Å². The highest BCUT2D eigenvalue weighted by molar-refractivity contribution is 7.94. The molecule has 0 fully saturated rings. The average Bonchev–Trinajstić information content (AvgIpc) is 2.68. The Morgan fingerprint density at radius 3 is 2.85 bits per heavy atom. The van der Waals surface area contributed by atoms with Gasteiger partial charge in [-0.1, -0.05) is 17.7 Å². The van der Waals surface area contributed by atoms with Gasteiger partial charge in [-0.25, -0.2) is 8.42 Å². The summed E-state index contributed by atoms with van der Waals surface area (Å²) in [5.41, 5.74) is 0.467. The van der Waals surface area contributed by atoms with Crippen molar-refractivity contribution in [2.24, 2.45) is 5.92 Å². The first-order valence-corrected chi connectivity index (χ1v) is 8.03. The minimum absolute atomic E-state index is 0.0207. The molecule has 20 heavy (non-hydrogen) atoms. The molecule has 5 nitrogen and oxygen atoms in total. The zero-order valence-electron chi connectivity index (χ0n) is 10.8. The molecule has 108 valence electrons. The maximum atomic E-state index is 11.9. The molecule has 1 aromatic carbocycles. The second-order valence-corrected chi connectivity index (χ2v) is 6.88. The van der Waals surface area contributed by atoms with Crippen molar-refractivity contribution in [3.05, 3.63) is 34.7 Å². The topological polar surface area (TPSA) is 72.5 Å². The Labute approximate surface area is 122 Å². The lowest BCUT2D eigenvalue weighted by Crippen LogP contribution is -2.18. The molecular formula is C13H14ClNO4S. The molecule has 1 N–H and O–H groups in total. The lowest BCUT2D eigenvalue weighted by Gasteiger charge is -2.12. The summed E-state index contributed by atoms with van der Waals surface area (Å²) < 4.78 is 27.7. The van der Waals surface area contributed by atoms with E-state index in [9.17, 15) is 13.2 Å². The van der Waals surface area contributed by atoms with Crippen LogP contribution in [-0.2, 0) is 14.6 Å². The third-order valence-corrected chi connectivity index (χ3v) is 4.59. The number of benzene rings is 1. The van der Waals surface area contributed by atoms with E-state index in [0.717, 1.165) is 5.41 Å². The Morgan fingerprint density at radius 1 is 1.50 bits per heavy atom. The van der Waals surface area contributed by atoms with Gasteiger partial charge in [-0.2, -0.15) is 0 Å². The van der Waals surface area contributed by atoms with Gasteiger partial charge in [0.2, 0.25) is 5.91 Å². The Hall–Kier alpha value is -1.53. The second kappa shape index (κ2) is 5.85. The number of carbonyl (C=O) groups excluding carboxylic acids is 1. The monoisotopic (exact) mass is 315 g/mol. The largest absolute Gasteiger partial charge is 0.495 e. The fourth-order valence-corrected chi connectivity index (χ4v) is 3.56. The highest BCUT2D eigenvalue weighted by atomic mass is 35.5. The zero-order valence-corrected chi connectivity index (χ0v) is 12.4. The number of hydrogen-bond donors (Lipinski definition) is 1. The van der Waals surface area contributed by atoms with Gasteiger partial charge in [-0.15, -0.1) is 0 Å². The van der Waals surface area contributed by atoms with Crippen LogP contribution in [0.15, 0.2) is 29.7 Å². The van der Waals surface area contributed by atoms with Crippen LogP contribution in [0.2, 0.25) is 5.02 Å². The van der Waals surface area contributed by atoms with Crippen molar-refractivity contribution in [1.29, 1.82) is 0 Å². The summed E-state index contributed by atoms with van der Waals surface area (Å²) in [5.74, 6) is -0.0903. The molecule has 0 aromatic heterocycles. The Morgan fingerprint density at radius 2 is 2.25 bits per heavy atom. The van der Waals surface area contributed by atoms with E-state index in [2.05, 4.69) is 5.32 Å². The van der Waals surface area contributed by atoms with Crippen LogP contribution in [0, 0.1) is 5.92 Å². The number of ether oxygens (including phenoxy) is 1. The van der Waals surface area contributed by atoms with Gasteiger partial charge < -0.3 is 10.1 Å². The summed E-state index contributed by atoms with van der Waals surface area (Å²) in [6.07, 6.45) is 1.65. The van der Waals surface area contributed by atoms with Crippen molar-refractivity contribution in [3.63, 3.8) is 0 Å². The summed E-state index contributed by atoms with van der Waals surface area (Å²) in [6, 6.07) is 4.89. The first kappa shape index (κ1) is 14.9. The minimum atomic E-state index is -3.14. The first-order valence-electron chi connectivity index (χ1n) is 5.94. The molecule has 1 amide bonds. The Bertz CT molecular complexity index is 654. The molecule has 1 aromatic rings. The first-order chi connectivity index (χ1) is 9.39. The number of hydrogen-bond acceptors (Lipinski definition) is 4. The Balaban J connectivity index is 2.02. The predicted octanol–water partition coefficient (Wildman–Crippen LogP) is 2.24. The molecule has 0 saturated carbocycles. The zero-order chi connectivity index (χ0) is 14.8. The van der Waals surface area contributed by atoms with E-state index in [1.54, 1.807) is 24.3 Å². The number of carbonyl (C=O) groups is 1. The number of nitrogens with one attached hydrogen (secondary N) is 1. The minimum Gasteiger partial charge on any atom is -0.495 e. The number of halogens is 1. The normalized spacial score (nSPS) is 19.8. The van der Waals surface area contributed by atoms with Crippen molar-refractivity contribution >= 4 is 33.0 Å². The second-order valence-electron chi connectivity index (χ2n) is 4.52. The molecule has 7 heteroatoms. The van der Waals surface area contributed by atoms with Gasteiger partial charge in [-0.3, -0.25) is 4.79 Å². The van der Waals surface area contributed by atoms with Gasteiger partial charge in [0.05, 0.1) is 18.6 Å². The van der Waals surface area contributed by atoms with Crippen molar-refractivity contribution in [1.82, 2.24) is 0 Å². The number of sulfone groups is 1. The molecule has 0 saturated heterocycles. The molecule has 1 unspecified atom stereocenters. The summed E-state index contributed by atoms with van der Waals surface area (Å²) in [4.78, 5) is 11.9. The molecule has 1 aliphatic heterocycles. The SMILES string of the molecule is COc1ccc(Cl)cc1NC(=O)CC1C=CS(=O)(=O)C1. The van der Waals surface area contributed by atoms with Crippen LogP contribution in [0.3, 0.4) is 0 Å². The van der Waals surface area contributed by atoms with E-state index < -0.39 is 9.84 Å². The van der Waals surface area contributed by atoms with E-state index in [-0.39, 0.29) is 24.0 Å². The predicted molar refractivity (Wildman–Crippen MR) is 77.7 cm³/mol. The number of allylic oxidation sites excluding steroid dienone is 1. The maximum Gasteiger partial charge on any atom is 0.225 e. The third-order valence-electron chi connectivity index (χ3n) is 2.89. The third kappa shape index (κ3) is 3.74. The number of methoxy groups -OCH3 is 1. The van der Waals surface area contributed by atoms with Crippen molar-refractivity contribution in [2.45, 2.75) is 6.42 Å². The summed E-state index contributed by atoms with van der Waals surface area (Å²) in [5, 5.41) is 4.31. The van der Waals surface area contributed by atoms with Crippen molar-refractivity contribution < 1.29 is 17.9 Å². The summed E-state index contributed by atoms with van der Waals surface area (Å²) >= 11 is 5.87. The fraction of sp³-hybridized carbons (Fsp3) is 0.308. The van der Waals surface area contributed by atoms with Gasteiger partial charge in [-0.05, 0) is 18.2 Å². The molecule has 1 heterocycles. The van der Waals surface area contributed by atoms with Crippen LogP contribution in [0.5, 0.6) is 5.75 Å². The lowest BCUT2D eigenvalue weighted by molar-refractivity contribution is -0.116. The van der Waals surface area contributed by atoms with Gasteiger partial charge in [0.1, 0.15) is 5.75 Å². The van der Waals surface area contributed by atoms with E-state index in [1.165, 1.54) is 7.11 Å². The summed E-state index contributed by atoms with van der Waals surface area (Å²) in [6.45, 7) is 0. The molecule has 0 spiro atoms. The van der Waals surface area contributed by atoms with Crippen LogP contribution in [0.25, 0.3) is 0 Å². The number of rotatable bonds is 4. The molecule has 0 bridgehead atoms. The van der Waals surface area contributed by atoms with E-state index >= 15 is 0 Å². The molecule has 0 aliphatic carbocycles. The lowest BCUT2D eigenvalue weighted by atomic mass is 10.1. The van der Waals surface area contributed by atoms with Crippen LogP contribution < -0.4 is 10.1 Å². The van der Waals surface area contributed by atoms with Crippen molar-refractivity contribution in [3.8, 4) is 5.75 Å². The van der Waals surface area contributed by atoms with Gasteiger partial charge >= 0.3 is 0 Å². The quantitative estimate of drug-likeness (QED) is 0.925. The van der Waals surface area contributed by atoms with Crippen molar-refractivity contribution in [2.75, 3.05) is 18.2 Å². The van der Waals surface area contributed by atoms with Crippen LogP contribution in [0.1, 0.15) is 6.42 Å². The molecular weight excluding hydrogens is 302 g/mol. The van der Waals surface area contributed by atoms with Gasteiger partial charge in [0.15, 0.2) is 9.84 Å². The standard InChI is InChI=1S/C13H14ClNO4S/c1-19-12-3-2-10(14)7-11(12)15-13(16)6-9-4-5-20(17,18)8-9/h2-5,7,9H,6,8H2,1H3,(H,15,16). The summed E-state index contributed by atoms with van der Waals surface area (Å²) in [7, 11) is -1.65. The smallest absolute Gasteiger partial charge is 0.225 e. The number of anilines is 1. The van der Waals surface area contributed by atoms with E-state index in [0.29, 0.717) is 16.5 Å². The van der Waals surface area contributed by atoms with E-state index in [4.69, 9.17) is 16.3 Å². The average molecular weight is 316 g/mol. The molecule has 0 radical (unpaired) electrons. The highest BCUT2D eigenvalue weighted by Crippen LogP contribution is 2.28. The van der Waals surface area contributed by atoms with Gasteiger partial charge in [0, 0.05) is 22.8 Å². The van der Waals surface area contributed by atoms with E-state index in [1.807, 2.05) is 0 Å². The van der Waals surface area contributed by atoms with Crippen LogP contribution in [-0.4, -0.2) is 27.2 Å². The maximum absolute atomic E-state index is 11.9. The van der Waals surface area contributed by atoms with Crippen LogP contribution in [0.4, 0.5) is 5.69 Å². The number of amides is 1. The van der Waals surface area contributed by atoms with Crippen LogP contribution >= 0.6 is 11.6 Å². The molecule has 1 atom stereocenters.